The van der Waals surface area contributed by atoms with Crippen molar-refractivity contribution in [1.29, 1.82) is 0 Å². The third-order valence-corrected chi connectivity index (χ3v) is 4.14. The van der Waals surface area contributed by atoms with Crippen LogP contribution in [0.4, 0.5) is 0 Å². The first-order valence-corrected chi connectivity index (χ1v) is 6.76. The zero-order chi connectivity index (χ0) is 12.1. The van der Waals surface area contributed by atoms with Gasteiger partial charge in [-0.1, -0.05) is 13.8 Å². The molecule has 96 valence electrons. The van der Waals surface area contributed by atoms with Gasteiger partial charge >= 0.3 is 0 Å². The topological polar surface area (TPSA) is 21.3 Å². The highest BCUT2D eigenvalue weighted by molar-refractivity contribution is 4.84. The molecule has 2 heteroatoms. The molecule has 1 aliphatic rings. The van der Waals surface area contributed by atoms with Gasteiger partial charge in [0.2, 0.25) is 0 Å². The largest absolute Gasteiger partial charge is 0.382 e. The first kappa shape index (κ1) is 14.0. The van der Waals surface area contributed by atoms with Crippen molar-refractivity contribution in [3.8, 4) is 0 Å². The molecule has 0 heterocycles. The summed E-state index contributed by atoms with van der Waals surface area (Å²) in [4.78, 5) is 0. The maximum atomic E-state index is 5.39. The van der Waals surface area contributed by atoms with E-state index in [2.05, 4.69) is 33.1 Å². The highest BCUT2D eigenvalue weighted by Gasteiger charge is 2.29. The van der Waals surface area contributed by atoms with E-state index in [0.717, 1.165) is 24.2 Å². The molecule has 0 radical (unpaired) electrons. The van der Waals surface area contributed by atoms with E-state index in [1.165, 1.54) is 19.3 Å². The van der Waals surface area contributed by atoms with Gasteiger partial charge in [0, 0.05) is 13.2 Å². The average molecular weight is 227 g/mol. The molecule has 0 aromatic carbocycles. The summed E-state index contributed by atoms with van der Waals surface area (Å²) < 4.78 is 5.39. The number of nitrogens with one attached hydrogen (secondary N) is 1. The van der Waals surface area contributed by atoms with E-state index >= 15 is 0 Å². The van der Waals surface area contributed by atoms with E-state index in [9.17, 15) is 0 Å². The second kappa shape index (κ2) is 6.61. The maximum Gasteiger partial charge on any atom is 0.0558 e. The molecule has 1 rings (SSSR count). The molecular formula is C14H29NO. The van der Waals surface area contributed by atoms with Crippen molar-refractivity contribution in [1.82, 2.24) is 5.32 Å². The van der Waals surface area contributed by atoms with Crippen LogP contribution in [0.1, 0.15) is 46.5 Å². The molecule has 1 saturated carbocycles. The van der Waals surface area contributed by atoms with E-state index in [0.29, 0.717) is 12.1 Å². The molecule has 0 aromatic rings. The minimum Gasteiger partial charge on any atom is -0.382 e. The van der Waals surface area contributed by atoms with Gasteiger partial charge in [0.15, 0.2) is 0 Å². The summed E-state index contributed by atoms with van der Waals surface area (Å²) in [5.41, 5.74) is 0. The Bertz CT molecular complexity index is 185. The van der Waals surface area contributed by atoms with Crippen LogP contribution in [0, 0.1) is 17.8 Å². The maximum absolute atomic E-state index is 5.39. The summed E-state index contributed by atoms with van der Waals surface area (Å²) in [6.07, 6.45) is 5.67. The van der Waals surface area contributed by atoms with Gasteiger partial charge in [0.1, 0.15) is 0 Å². The van der Waals surface area contributed by atoms with Crippen LogP contribution in [0.25, 0.3) is 0 Å². The van der Waals surface area contributed by atoms with Gasteiger partial charge in [-0.25, -0.2) is 0 Å². The summed E-state index contributed by atoms with van der Waals surface area (Å²) in [7, 11) is 3.90. The van der Waals surface area contributed by atoms with E-state index in [1.807, 2.05) is 7.11 Å². The molecule has 0 saturated heterocycles. The quantitative estimate of drug-likeness (QED) is 0.779. The fourth-order valence-electron chi connectivity index (χ4n) is 3.34. The lowest BCUT2D eigenvalue weighted by Gasteiger charge is -2.37. The van der Waals surface area contributed by atoms with Crippen molar-refractivity contribution in [2.75, 3.05) is 14.2 Å². The van der Waals surface area contributed by atoms with E-state index < -0.39 is 0 Å². The predicted molar refractivity (Wildman–Crippen MR) is 69.6 cm³/mol. The van der Waals surface area contributed by atoms with Crippen molar-refractivity contribution in [3.63, 3.8) is 0 Å². The molecule has 0 aromatic heterocycles. The van der Waals surface area contributed by atoms with Crippen molar-refractivity contribution in [2.45, 2.75) is 58.6 Å². The third kappa shape index (κ3) is 4.06. The normalized spacial score (nSPS) is 34.7. The Morgan fingerprint density at radius 2 is 1.75 bits per heavy atom. The Balaban J connectivity index is 2.50. The smallest absolute Gasteiger partial charge is 0.0558 e. The lowest BCUT2D eigenvalue weighted by Crippen LogP contribution is -2.40. The second-order valence-corrected chi connectivity index (χ2v) is 5.85. The lowest BCUT2D eigenvalue weighted by atomic mass is 9.73. The van der Waals surface area contributed by atoms with Gasteiger partial charge in [0.25, 0.3) is 0 Å². The van der Waals surface area contributed by atoms with Crippen molar-refractivity contribution < 1.29 is 4.74 Å². The number of hydrogen-bond donors (Lipinski definition) is 1. The van der Waals surface area contributed by atoms with Gasteiger partial charge in [-0.05, 0) is 57.4 Å². The Kier molecular flexibility index (Phi) is 5.77. The highest BCUT2D eigenvalue weighted by Crippen LogP contribution is 2.35. The second-order valence-electron chi connectivity index (χ2n) is 5.85. The summed E-state index contributed by atoms with van der Waals surface area (Å²) in [6, 6.07) is 0.625. The molecule has 1 N–H and O–H groups in total. The molecule has 0 bridgehead atoms. The average Bonchev–Trinajstić information content (AvgIpc) is 2.24. The molecule has 4 unspecified atom stereocenters. The molecule has 1 fully saturated rings. The van der Waals surface area contributed by atoms with Crippen LogP contribution in [0.3, 0.4) is 0 Å². The molecular weight excluding hydrogens is 198 g/mol. The third-order valence-electron chi connectivity index (χ3n) is 4.14. The molecule has 0 aliphatic heterocycles. The first-order valence-electron chi connectivity index (χ1n) is 6.76. The van der Waals surface area contributed by atoms with Crippen LogP contribution in [-0.4, -0.2) is 26.3 Å². The monoisotopic (exact) mass is 227 g/mol. The SMILES string of the molecule is CNC(CC(C)OC)C1CC(C)CC(C)C1. The zero-order valence-corrected chi connectivity index (χ0v) is 11.6. The van der Waals surface area contributed by atoms with Gasteiger partial charge in [0.05, 0.1) is 6.10 Å². The van der Waals surface area contributed by atoms with Gasteiger partial charge in [-0.2, -0.15) is 0 Å². The van der Waals surface area contributed by atoms with Crippen LogP contribution in [0.2, 0.25) is 0 Å². The molecule has 0 amide bonds. The minimum atomic E-state index is 0.366. The van der Waals surface area contributed by atoms with E-state index in [-0.39, 0.29) is 0 Å². The Morgan fingerprint density at radius 3 is 2.19 bits per heavy atom. The zero-order valence-electron chi connectivity index (χ0n) is 11.6. The number of hydrogen-bond acceptors (Lipinski definition) is 2. The van der Waals surface area contributed by atoms with Crippen LogP contribution in [-0.2, 0) is 4.74 Å². The highest BCUT2D eigenvalue weighted by atomic mass is 16.5. The fourth-order valence-corrected chi connectivity index (χ4v) is 3.34. The number of rotatable bonds is 5. The van der Waals surface area contributed by atoms with Crippen LogP contribution >= 0.6 is 0 Å². The van der Waals surface area contributed by atoms with E-state index in [4.69, 9.17) is 4.74 Å². The van der Waals surface area contributed by atoms with Crippen molar-refractivity contribution in [3.05, 3.63) is 0 Å². The van der Waals surface area contributed by atoms with E-state index in [1.54, 1.807) is 0 Å². The molecule has 16 heavy (non-hydrogen) atoms. The predicted octanol–water partition coefficient (Wildman–Crippen LogP) is 3.07. The number of methoxy groups -OCH3 is 1. The Labute approximate surface area is 101 Å². The van der Waals surface area contributed by atoms with Crippen LogP contribution in [0.5, 0.6) is 0 Å². The fraction of sp³-hybridized carbons (Fsp3) is 1.00. The minimum absolute atomic E-state index is 0.366. The summed E-state index contributed by atoms with van der Waals surface area (Å²) in [6.45, 7) is 6.96. The molecule has 1 aliphatic carbocycles. The standard InChI is InChI=1S/C14H29NO/c1-10-6-11(2)8-13(7-10)14(15-4)9-12(3)16-5/h10-15H,6-9H2,1-5H3. The van der Waals surface area contributed by atoms with Crippen LogP contribution in [0.15, 0.2) is 0 Å². The van der Waals surface area contributed by atoms with Crippen molar-refractivity contribution in [2.24, 2.45) is 17.8 Å². The molecule has 2 nitrogen and oxygen atoms in total. The van der Waals surface area contributed by atoms with Crippen molar-refractivity contribution >= 4 is 0 Å². The molecule has 4 atom stereocenters. The van der Waals surface area contributed by atoms with Crippen LogP contribution < -0.4 is 5.32 Å². The summed E-state index contributed by atoms with van der Waals surface area (Å²) in [5.74, 6) is 2.62. The lowest BCUT2D eigenvalue weighted by molar-refractivity contribution is 0.0803. The number of ether oxygens (including phenoxy) is 1. The first-order chi connectivity index (χ1) is 7.56. The summed E-state index contributed by atoms with van der Waals surface area (Å²) in [5, 5.41) is 3.50. The van der Waals surface area contributed by atoms with Gasteiger partial charge in [-0.3, -0.25) is 0 Å². The summed E-state index contributed by atoms with van der Waals surface area (Å²) >= 11 is 0. The Morgan fingerprint density at radius 1 is 1.19 bits per heavy atom. The molecule has 0 spiro atoms. The Hall–Kier alpha value is -0.0800. The van der Waals surface area contributed by atoms with Gasteiger partial charge < -0.3 is 10.1 Å². The van der Waals surface area contributed by atoms with Gasteiger partial charge in [-0.15, -0.1) is 0 Å².